The number of amides is 1. The standard InChI is InChI=1S/C16H22N4OS/c17-15(21)11-2-1-3-12(8-11)18-9-13-14(10-4-5-10)19-16-20(13)6-7-22-16/h6-7,10-12,18H,1-5,8-9H2,(H2,17,21)/t11-,12+/m0/s1. The summed E-state index contributed by atoms with van der Waals surface area (Å²) in [6.45, 7) is 0.833. The van der Waals surface area contributed by atoms with Crippen LogP contribution in [0.4, 0.5) is 0 Å². The SMILES string of the molecule is NC(=O)[C@H]1CCC[C@@H](NCc2c(C3CC3)nc3sccn23)C1. The summed E-state index contributed by atoms with van der Waals surface area (Å²) >= 11 is 1.70. The second-order valence-electron chi connectivity index (χ2n) is 6.62. The Hall–Kier alpha value is -1.40. The molecule has 2 saturated carbocycles. The Labute approximate surface area is 133 Å². The summed E-state index contributed by atoms with van der Waals surface area (Å²) in [7, 11) is 0. The Kier molecular flexibility index (Phi) is 3.66. The van der Waals surface area contributed by atoms with Crippen LogP contribution in [0, 0.1) is 5.92 Å². The first-order chi connectivity index (χ1) is 10.7. The fourth-order valence-electron chi connectivity index (χ4n) is 3.58. The minimum Gasteiger partial charge on any atom is -0.369 e. The van der Waals surface area contributed by atoms with Gasteiger partial charge in [-0.25, -0.2) is 4.98 Å². The van der Waals surface area contributed by atoms with E-state index in [-0.39, 0.29) is 11.8 Å². The molecule has 118 valence electrons. The fraction of sp³-hybridized carbons (Fsp3) is 0.625. The summed E-state index contributed by atoms with van der Waals surface area (Å²) in [4.78, 5) is 17.3. The highest BCUT2D eigenvalue weighted by atomic mass is 32.1. The van der Waals surface area contributed by atoms with Crippen molar-refractivity contribution in [2.75, 3.05) is 0 Å². The van der Waals surface area contributed by atoms with Crippen LogP contribution in [0.2, 0.25) is 0 Å². The molecule has 2 atom stereocenters. The van der Waals surface area contributed by atoms with Crippen LogP contribution in [0.25, 0.3) is 4.96 Å². The van der Waals surface area contributed by atoms with Crippen molar-refractivity contribution in [2.24, 2.45) is 11.7 Å². The average Bonchev–Trinajstić information content (AvgIpc) is 3.16. The van der Waals surface area contributed by atoms with Gasteiger partial charge in [0.25, 0.3) is 0 Å². The van der Waals surface area contributed by atoms with E-state index in [1.54, 1.807) is 11.3 Å². The molecule has 2 aliphatic carbocycles. The maximum absolute atomic E-state index is 11.4. The van der Waals surface area contributed by atoms with E-state index in [9.17, 15) is 4.79 Å². The highest BCUT2D eigenvalue weighted by molar-refractivity contribution is 7.15. The van der Waals surface area contributed by atoms with Gasteiger partial charge in [0.1, 0.15) is 0 Å². The lowest BCUT2D eigenvalue weighted by molar-refractivity contribution is -0.122. The summed E-state index contributed by atoms with van der Waals surface area (Å²) in [5.74, 6) is 0.559. The molecule has 0 spiro atoms. The van der Waals surface area contributed by atoms with Crippen LogP contribution in [0.5, 0.6) is 0 Å². The van der Waals surface area contributed by atoms with Gasteiger partial charge in [0.15, 0.2) is 4.96 Å². The number of imidazole rings is 1. The number of hydrogen-bond acceptors (Lipinski definition) is 4. The molecule has 0 saturated heterocycles. The number of nitrogens with zero attached hydrogens (tertiary/aromatic N) is 2. The Morgan fingerprint density at radius 2 is 2.27 bits per heavy atom. The molecular formula is C16H22N4OS. The van der Waals surface area contributed by atoms with E-state index < -0.39 is 0 Å². The molecule has 2 heterocycles. The largest absolute Gasteiger partial charge is 0.369 e. The smallest absolute Gasteiger partial charge is 0.220 e. The third-order valence-corrected chi connectivity index (χ3v) is 5.75. The van der Waals surface area contributed by atoms with E-state index in [4.69, 9.17) is 10.7 Å². The molecule has 5 nitrogen and oxygen atoms in total. The van der Waals surface area contributed by atoms with E-state index in [0.717, 1.165) is 37.2 Å². The first kappa shape index (κ1) is 14.2. The molecule has 0 unspecified atom stereocenters. The Bertz CT molecular complexity index is 687. The van der Waals surface area contributed by atoms with E-state index in [0.29, 0.717) is 12.0 Å². The van der Waals surface area contributed by atoms with E-state index in [1.165, 1.54) is 24.2 Å². The van der Waals surface area contributed by atoms with Gasteiger partial charge in [0.2, 0.25) is 5.91 Å². The van der Waals surface area contributed by atoms with Gasteiger partial charge in [-0.2, -0.15) is 0 Å². The van der Waals surface area contributed by atoms with Crippen LogP contribution in [0.1, 0.15) is 55.8 Å². The van der Waals surface area contributed by atoms with Gasteiger partial charge in [0, 0.05) is 36.0 Å². The minimum atomic E-state index is -0.144. The third kappa shape index (κ3) is 2.65. The van der Waals surface area contributed by atoms with Gasteiger partial charge in [-0.15, -0.1) is 11.3 Å². The fourth-order valence-corrected chi connectivity index (χ4v) is 4.32. The van der Waals surface area contributed by atoms with Crippen molar-refractivity contribution >= 4 is 22.2 Å². The molecule has 0 aliphatic heterocycles. The molecule has 4 rings (SSSR count). The third-order valence-electron chi connectivity index (χ3n) is 4.99. The maximum Gasteiger partial charge on any atom is 0.220 e. The second-order valence-corrected chi connectivity index (χ2v) is 7.49. The molecule has 0 aromatic carbocycles. The number of fused-ring (bicyclic) bond motifs is 1. The Balaban J connectivity index is 1.48. The summed E-state index contributed by atoms with van der Waals surface area (Å²) in [5, 5.41) is 5.74. The highest BCUT2D eigenvalue weighted by Gasteiger charge is 2.31. The van der Waals surface area contributed by atoms with Crippen LogP contribution in [-0.4, -0.2) is 21.3 Å². The summed E-state index contributed by atoms with van der Waals surface area (Å²) in [6, 6.07) is 0.391. The zero-order valence-corrected chi connectivity index (χ0v) is 13.4. The number of primary amides is 1. The predicted molar refractivity (Wildman–Crippen MR) is 86.8 cm³/mol. The number of hydrogen-bond donors (Lipinski definition) is 2. The topological polar surface area (TPSA) is 72.4 Å². The zero-order valence-electron chi connectivity index (χ0n) is 12.6. The highest BCUT2D eigenvalue weighted by Crippen LogP contribution is 2.41. The molecule has 1 amide bonds. The number of thiazole rings is 1. The number of nitrogens with two attached hydrogens (primary N) is 1. The average molecular weight is 318 g/mol. The van der Waals surface area contributed by atoms with Gasteiger partial charge >= 0.3 is 0 Å². The van der Waals surface area contributed by atoms with Crippen molar-refractivity contribution in [1.29, 1.82) is 0 Å². The van der Waals surface area contributed by atoms with Crippen molar-refractivity contribution in [1.82, 2.24) is 14.7 Å². The van der Waals surface area contributed by atoms with Crippen LogP contribution in [0.15, 0.2) is 11.6 Å². The first-order valence-corrected chi connectivity index (χ1v) is 9.07. The van der Waals surface area contributed by atoms with Crippen LogP contribution in [0.3, 0.4) is 0 Å². The normalized spacial score (nSPS) is 25.6. The molecule has 6 heteroatoms. The van der Waals surface area contributed by atoms with Gasteiger partial charge in [-0.05, 0) is 32.1 Å². The monoisotopic (exact) mass is 318 g/mol. The summed E-state index contributed by atoms with van der Waals surface area (Å²) in [5.41, 5.74) is 8.06. The number of aromatic nitrogens is 2. The molecule has 2 aromatic heterocycles. The summed E-state index contributed by atoms with van der Waals surface area (Å²) in [6.07, 6.45) is 8.69. The molecular weight excluding hydrogens is 296 g/mol. The zero-order chi connectivity index (χ0) is 15.1. The van der Waals surface area contributed by atoms with Crippen molar-refractivity contribution in [3.05, 3.63) is 23.0 Å². The first-order valence-electron chi connectivity index (χ1n) is 8.19. The van der Waals surface area contributed by atoms with E-state index in [2.05, 4.69) is 21.3 Å². The van der Waals surface area contributed by atoms with Crippen molar-refractivity contribution < 1.29 is 4.79 Å². The van der Waals surface area contributed by atoms with Crippen molar-refractivity contribution in [2.45, 2.75) is 57.0 Å². The number of carbonyl (C=O) groups is 1. The van der Waals surface area contributed by atoms with Gasteiger partial charge in [0.05, 0.1) is 11.4 Å². The lowest BCUT2D eigenvalue weighted by atomic mass is 9.85. The minimum absolute atomic E-state index is 0.0424. The van der Waals surface area contributed by atoms with Crippen LogP contribution in [-0.2, 0) is 11.3 Å². The molecule has 2 aliphatic rings. The predicted octanol–water partition coefficient (Wildman–Crippen LogP) is 2.41. The molecule has 3 N–H and O–H groups in total. The lowest BCUT2D eigenvalue weighted by Gasteiger charge is -2.28. The summed E-state index contributed by atoms with van der Waals surface area (Å²) < 4.78 is 2.22. The molecule has 0 radical (unpaired) electrons. The maximum atomic E-state index is 11.4. The van der Waals surface area contributed by atoms with Crippen LogP contribution >= 0.6 is 11.3 Å². The van der Waals surface area contributed by atoms with Gasteiger partial charge < -0.3 is 11.1 Å². The molecule has 22 heavy (non-hydrogen) atoms. The number of carbonyl (C=O) groups excluding carboxylic acids is 1. The van der Waals surface area contributed by atoms with E-state index >= 15 is 0 Å². The number of nitrogens with one attached hydrogen (secondary N) is 1. The molecule has 0 bridgehead atoms. The van der Waals surface area contributed by atoms with Crippen LogP contribution < -0.4 is 11.1 Å². The van der Waals surface area contributed by atoms with Gasteiger partial charge in [-0.3, -0.25) is 9.20 Å². The second kappa shape index (κ2) is 5.66. The van der Waals surface area contributed by atoms with E-state index in [1.807, 2.05) is 0 Å². The number of rotatable bonds is 5. The lowest BCUT2D eigenvalue weighted by Crippen LogP contribution is -2.38. The quantitative estimate of drug-likeness (QED) is 0.889. The van der Waals surface area contributed by atoms with Gasteiger partial charge in [-0.1, -0.05) is 6.42 Å². The van der Waals surface area contributed by atoms with Crippen molar-refractivity contribution in [3.63, 3.8) is 0 Å². The molecule has 2 fully saturated rings. The van der Waals surface area contributed by atoms with Crippen molar-refractivity contribution in [3.8, 4) is 0 Å². The Morgan fingerprint density at radius 1 is 1.41 bits per heavy atom. The molecule has 2 aromatic rings. The Morgan fingerprint density at radius 3 is 3.05 bits per heavy atom.